The first kappa shape index (κ1) is 27.6. The van der Waals surface area contributed by atoms with Crippen LogP contribution < -0.4 is 26.0 Å². The molecule has 1 saturated heterocycles. The SMILES string of the molecule is CC1C(C(=O)Nc2cccc(C(=O)N3CCNCC3)c2)=C(Nc2cnc3ccccc3n2)SN1c1nc(C(N)=O)cs1. The highest BCUT2D eigenvalue weighted by Crippen LogP contribution is 2.43. The minimum atomic E-state index is -0.625. The first-order chi connectivity index (χ1) is 20.4. The average molecular weight is 602 g/mol. The van der Waals surface area contributed by atoms with Crippen molar-refractivity contribution in [3.63, 3.8) is 0 Å². The molecular weight excluding hydrogens is 575 g/mol. The van der Waals surface area contributed by atoms with Gasteiger partial charge in [0.15, 0.2) is 5.13 Å². The molecule has 2 aromatic carbocycles. The number of aromatic nitrogens is 3. The molecule has 0 aliphatic carbocycles. The smallest absolute Gasteiger partial charge is 0.268 e. The van der Waals surface area contributed by atoms with Crippen molar-refractivity contribution in [2.75, 3.05) is 41.1 Å². The van der Waals surface area contributed by atoms with E-state index in [1.54, 1.807) is 40.7 Å². The van der Waals surface area contributed by atoms with E-state index in [0.29, 0.717) is 51.4 Å². The van der Waals surface area contributed by atoms with E-state index in [9.17, 15) is 14.4 Å². The lowest BCUT2D eigenvalue weighted by atomic mass is 10.1. The van der Waals surface area contributed by atoms with Crippen LogP contribution in [-0.4, -0.2) is 69.8 Å². The number of nitrogens with two attached hydrogens (primary N) is 1. The van der Waals surface area contributed by atoms with E-state index in [1.807, 2.05) is 35.5 Å². The van der Waals surface area contributed by atoms with Crippen molar-refractivity contribution in [1.29, 1.82) is 0 Å². The Hall–Kier alpha value is -4.53. The molecule has 0 saturated carbocycles. The number of para-hydroxylation sites is 2. The average Bonchev–Trinajstić information content (AvgIpc) is 3.62. The number of thiazole rings is 1. The zero-order valence-electron chi connectivity index (χ0n) is 22.5. The Morgan fingerprint density at radius 1 is 1.05 bits per heavy atom. The number of rotatable bonds is 7. The second-order valence-corrected chi connectivity index (χ2v) is 11.5. The minimum Gasteiger partial charge on any atom is -0.364 e. The largest absolute Gasteiger partial charge is 0.364 e. The van der Waals surface area contributed by atoms with E-state index in [2.05, 4.69) is 30.9 Å². The molecule has 0 radical (unpaired) electrons. The van der Waals surface area contributed by atoms with Crippen molar-refractivity contribution < 1.29 is 14.4 Å². The number of fused-ring (bicyclic) bond motifs is 1. The maximum Gasteiger partial charge on any atom is 0.268 e. The highest BCUT2D eigenvalue weighted by Gasteiger charge is 2.37. The van der Waals surface area contributed by atoms with Crippen LogP contribution in [0.2, 0.25) is 0 Å². The molecule has 42 heavy (non-hydrogen) atoms. The fourth-order valence-electron chi connectivity index (χ4n) is 4.71. The molecule has 2 aliphatic rings. The van der Waals surface area contributed by atoms with Gasteiger partial charge in [-0.2, -0.15) is 0 Å². The van der Waals surface area contributed by atoms with E-state index in [4.69, 9.17) is 5.73 Å². The molecule has 2 aliphatic heterocycles. The summed E-state index contributed by atoms with van der Waals surface area (Å²) in [5.74, 6) is -0.585. The number of anilines is 3. The summed E-state index contributed by atoms with van der Waals surface area (Å²) in [6.45, 7) is 4.64. The molecule has 1 atom stereocenters. The number of hydrogen-bond acceptors (Lipinski definition) is 11. The monoisotopic (exact) mass is 601 g/mol. The minimum absolute atomic E-state index is 0.0750. The highest BCUT2D eigenvalue weighted by atomic mass is 32.2. The first-order valence-electron chi connectivity index (χ1n) is 13.2. The van der Waals surface area contributed by atoms with E-state index in [0.717, 1.165) is 18.6 Å². The number of nitrogens with one attached hydrogen (secondary N) is 3. The van der Waals surface area contributed by atoms with Crippen LogP contribution in [0.25, 0.3) is 11.0 Å². The fourth-order valence-corrected chi connectivity index (χ4v) is 6.84. The Labute approximate surface area is 249 Å². The Morgan fingerprint density at radius 2 is 1.83 bits per heavy atom. The molecule has 12 nitrogen and oxygen atoms in total. The number of carbonyl (C=O) groups is 3. The summed E-state index contributed by atoms with van der Waals surface area (Å²) in [5, 5.41) is 12.1. The Kier molecular flexibility index (Phi) is 7.73. The van der Waals surface area contributed by atoms with E-state index in [1.165, 1.54) is 23.3 Å². The van der Waals surface area contributed by atoms with Gasteiger partial charge in [0.2, 0.25) is 0 Å². The van der Waals surface area contributed by atoms with Crippen molar-refractivity contribution in [2.45, 2.75) is 13.0 Å². The van der Waals surface area contributed by atoms with Gasteiger partial charge >= 0.3 is 0 Å². The number of primary amides is 1. The second-order valence-electron chi connectivity index (χ2n) is 9.66. The summed E-state index contributed by atoms with van der Waals surface area (Å²) in [6.07, 6.45) is 1.61. The van der Waals surface area contributed by atoms with Gasteiger partial charge in [-0.1, -0.05) is 18.2 Å². The quantitative estimate of drug-likeness (QED) is 0.232. The molecule has 4 heterocycles. The Morgan fingerprint density at radius 3 is 2.60 bits per heavy atom. The number of carbonyl (C=O) groups excluding carboxylic acids is 3. The van der Waals surface area contributed by atoms with Gasteiger partial charge in [-0.15, -0.1) is 11.3 Å². The van der Waals surface area contributed by atoms with Gasteiger partial charge in [0.1, 0.15) is 16.5 Å². The summed E-state index contributed by atoms with van der Waals surface area (Å²) >= 11 is 2.53. The third-order valence-corrected chi connectivity index (χ3v) is 8.99. The molecular formula is C28H27N9O3S2. The maximum absolute atomic E-state index is 13.8. The first-order valence-corrected chi connectivity index (χ1v) is 14.9. The van der Waals surface area contributed by atoms with Gasteiger partial charge < -0.3 is 26.6 Å². The van der Waals surface area contributed by atoms with Crippen LogP contribution in [-0.2, 0) is 4.79 Å². The molecule has 1 fully saturated rings. The highest BCUT2D eigenvalue weighted by molar-refractivity contribution is 8.05. The van der Waals surface area contributed by atoms with Crippen molar-refractivity contribution in [2.24, 2.45) is 5.73 Å². The predicted molar refractivity (Wildman–Crippen MR) is 164 cm³/mol. The second kappa shape index (κ2) is 11.8. The van der Waals surface area contributed by atoms with Gasteiger partial charge in [-0.3, -0.25) is 23.7 Å². The van der Waals surface area contributed by atoms with Gasteiger partial charge in [-0.05, 0) is 37.3 Å². The molecule has 214 valence electrons. The summed E-state index contributed by atoms with van der Waals surface area (Å²) < 4.78 is 1.84. The van der Waals surface area contributed by atoms with Crippen LogP contribution in [0.15, 0.2) is 70.7 Å². The topological polar surface area (TPSA) is 158 Å². The molecule has 5 N–H and O–H groups in total. The van der Waals surface area contributed by atoms with E-state index in [-0.39, 0.29) is 17.5 Å². The van der Waals surface area contributed by atoms with Gasteiger partial charge in [0, 0.05) is 54.8 Å². The zero-order valence-corrected chi connectivity index (χ0v) is 24.2. The summed E-state index contributed by atoms with van der Waals surface area (Å²) in [7, 11) is 0. The van der Waals surface area contributed by atoms with Gasteiger partial charge in [0.05, 0.1) is 28.8 Å². The molecule has 2 aromatic heterocycles. The van der Waals surface area contributed by atoms with E-state index >= 15 is 0 Å². The van der Waals surface area contributed by atoms with Crippen molar-refractivity contribution in [1.82, 2.24) is 25.2 Å². The zero-order chi connectivity index (χ0) is 29.2. The number of piperazine rings is 1. The van der Waals surface area contributed by atoms with Crippen LogP contribution >= 0.6 is 23.3 Å². The van der Waals surface area contributed by atoms with Crippen LogP contribution in [0.3, 0.4) is 0 Å². The molecule has 3 amide bonds. The standard InChI is InChI=1S/C28H27N9O3S2/c1-16-23(25(39)32-18-6-4-5-17(13-18)27(40)36-11-9-30-10-12-36)26(42-37(16)28-34-21(15-41-28)24(29)38)35-22-14-31-19-7-2-3-8-20(19)33-22/h2-8,13-16,30H,9-12H2,1H3,(H2,29,38)(H,32,39)(H,33,35). The lowest BCUT2D eigenvalue weighted by molar-refractivity contribution is -0.113. The third kappa shape index (κ3) is 5.64. The van der Waals surface area contributed by atoms with Crippen LogP contribution in [0.4, 0.5) is 16.6 Å². The van der Waals surface area contributed by atoms with Crippen molar-refractivity contribution in [3.8, 4) is 0 Å². The third-order valence-electron chi connectivity index (χ3n) is 6.84. The maximum atomic E-state index is 13.8. The Balaban J connectivity index is 1.29. The Bertz CT molecular complexity index is 1720. The fraction of sp³-hybridized carbons (Fsp3) is 0.214. The lowest BCUT2D eigenvalue weighted by Crippen LogP contribution is -2.46. The molecule has 0 spiro atoms. The number of nitrogens with zero attached hydrogens (tertiary/aromatic N) is 5. The van der Waals surface area contributed by atoms with Crippen molar-refractivity contribution in [3.05, 3.63) is 82.0 Å². The van der Waals surface area contributed by atoms with Crippen molar-refractivity contribution >= 4 is 68.7 Å². The molecule has 1 unspecified atom stereocenters. The summed E-state index contributed by atoms with van der Waals surface area (Å²) in [6, 6.07) is 14.0. The van der Waals surface area contributed by atoms with Crippen LogP contribution in [0.5, 0.6) is 0 Å². The van der Waals surface area contributed by atoms with E-state index < -0.39 is 11.9 Å². The number of hydrogen-bond donors (Lipinski definition) is 4. The lowest BCUT2D eigenvalue weighted by Gasteiger charge is -2.27. The summed E-state index contributed by atoms with van der Waals surface area (Å²) in [4.78, 5) is 53.9. The van der Waals surface area contributed by atoms with Gasteiger partial charge in [-0.25, -0.2) is 9.97 Å². The van der Waals surface area contributed by atoms with Crippen LogP contribution in [0, 0.1) is 0 Å². The van der Waals surface area contributed by atoms with Crippen LogP contribution in [0.1, 0.15) is 27.8 Å². The molecule has 4 aromatic rings. The normalized spacial score (nSPS) is 17.0. The number of benzene rings is 2. The molecule has 0 bridgehead atoms. The molecule has 6 rings (SSSR count). The summed E-state index contributed by atoms with van der Waals surface area (Å²) in [5.41, 5.74) is 8.48. The van der Waals surface area contributed by atoms with Gasteiger partial charge in [0.25, 0.3) is 17.7 Å². The number of amides is 3. The predicted octanol–water partition coefficient (Wildman–Crippen LogP) is 3.05. The molecule has 14 heteroatoms.